The summed E-state index contributed by atoms with van der Waals surface area (Å²) in [6, 6.07) is 17.5. The molecular formula is C29H30N6O6S2. The van der Waals surface area contributed by atoms with Crippen molar-refractivity contribution in [1.82, 2.24) is 20.4 Å². The Balaban J connectivity index is 1.26. The van der Waals surface area contributed by atoms with E-state index in [2.05, 4.69) is 31.0 Å². The molecule has 2 aromatic carbocycles. The molecule has 0 aliphatic carbocycles. The van der Waals surface area contributed by atoms with E-state index in [4.69, 9.17) is 9.47 Å². The van der Waals surface area contributed by atoms with Crippen molar-refractivity contribution in [3.63, 3.8) is 0 Å². The van der Waals surface area contributed by atoms with Crippen LogP contribution in [0.2, 0.25) is 0 Å². The molecule has 4 aromatic rings. The van der Waals surface area contributed by atoms with E-state index in [-0.39, 0.29) is 0 Å². The molecule has 0 radical (unpaired) electrons. The quantitative estimate of drug-likeness (QED) is 0.159. The Morgan fingerprint density at radius 3 is 1.84 bits per heavy atom. The van der Waals surface area contributed by atoms with Gasteiger partial charge in [0.2, 0.25) is 22.0 Å². The molecule has 0 fully saturated rings. The Bertz CT molecular complexity index is 1560. The lowest BCUT2D eigenvalue weighted by Gasteiger charge is -2.27. The molecule has 2 heterocycles. The number of rotatable bonds is 13. The number of hydrogen-bond donors (Lipinski definition) is 2. The predicted molar refractivity (Wildman–Crippen MR) is 160 cm³/mol. The van der Waals surface area contributed by atoms with Gasteiger partial charge in [-0.3, -0.25) is 29.8 Å². The van der Waals surface area contributed by atoms with Crippen molar-refractivity contribution in [2.24, 2.45) is 0 Å². The number of esters is 2. The first-order valence-corrected chi connectivity index (χ1v) is 15.0. The SMILES string of the molecule is CC(=O)O[C@H](C(=O)Nc1nnc(CCCCc2nnc(NC(=O)C(C)(OC(C)=O)c3ccccc3)s2)s1)c1ccccc1. The summed E-state index contributed by atoms with van der Waals surface area (Å²) in [5.41, 5.74) is -0.441. The fourth-order valence-electron chi connectivity index (χ4n) is 4.10. The summed E-state index contributed by atoms with van der Waals surface area (Å²) in [7, 11) is 0. The van der Waals surface area contributed by atoms with Crippen molar-refractivity contribution in [2.75, 3.05) is 10.6 Å². The number of amides is 2. The van der Waals surface area contributed by atoms with Gasteiger partial charge in [-0.15, -0.1) is 20.4 Å². The van der Waals surface area contributed by atoms with Gasteiger partial charge in [-0.1, -0.05) is 83.3 Å². The summed E-state index contributed by atoms with van der Waals surface area (Å²) >= 11 is 2.50. The number of aryl methyl sites for hydroxylation is 2. The molecule has 2 N–H and O–H groups in total. The number of ether oxygens (including phenoxy) is 2. The average Bonchev–Trinajstić information content (AvgIpc) is 3.63. The van der Waals surface area contributed by atoms with Gasteiger partial charge < -0.3 is 9.47 Å². The number of carbonyl (C=O) groups is 4. The highest BCUT2D eigenvalue weighted by Gasteiger charge is 2.39. The zero-order chi connectivity index (χ0) is 30.8. The zero-order valence-electron chi connectivity index (χ0n) is 23.7. The minimum Gasteiger partial charge on any atom is -0.447 e. The lowest BCUT2D eigenvalue weighted by molar-refractivity contribution is -0.163. The van der Waals surface area contributed by atoms with Crippen molar-refractivity contribution in [3.8, 4) is 0 Å². The maximum atomic E-state index is 13.1. The van der Waals surface area contributed by atoms with E-state index in [1.807, 2.05) is 6.07 Å². The molecule has 4 rings (SSSR count). The van der Waals surface area contributed by atoms with Crippen molar-refractivity contribution in [3.05, 3.63) is 81.8 Å². The maximum absolute atomic E-state index is 13.1. The number of hydrogen-bond acceptors (Lipinski definition) is 12. The van der Waals surface area contributed by atoms with Crippen molar-refractivity contribution < 1.29 is 28.7 Å². The Morgan fingerprint density at radius 1 is 0.767 bits per heavy atom. The molecule has 1 unspecified atom stereocenters. The number of nitrogens with one attached hydrogen (secondary N) is 2. The lowest BCUT2D eigenvalue weighted by atomic mass is 9.94. The van der Waals surface area contributed by atoms with Gasteiger partial charge in [-0.05, 0) is 19.8 Å². The van der Waals surface area contributed by atoms with E-state index in [9.17, 15) is 19.2 Å². The number of benzene rings is 2. The molecule has 14 heteroatoms. The summed E-state index contributed by atoms with van der Waals surface area (Å²) in [6.07, 6.45) is 1.74. The van der Waals surface area contributed by atoms with Gasteiger partial charge in [0.25, 0.3) is 11.8 Å². The van der Waals surface area contributed by atoms with Crippen LogP contribution in [0.5, 0.6) is 0 Å². The standard InChI is InChI=1S/C29H30N6O6S2/c1-18(36)40-24(20-12-6-4-7-13-20)25(38)30-27-34-32-22(42-27)16-10-11-17-23-33-35-28(43-23)31-26(39)29(3,41-19(2)37)21-14-8-5-9-15-21/h4-9,12-15,24H,10-11,16-17H2,1-3H3,(H,30,34,38)(H,31,35,39)/t24-,29?/m0/s1. The van der Waals surface area contributed by atoms with Crippen molar-refractivity contribution in [1.29, 1.82) is 0 Å². The summed E-state index contributed by atoms with van der Waals surface area (Å²) < 4.78 is 10.6. The number of unbranched alkanes of at least 4 members (excludes halogenated alkanes) is 1. The first kappa shape index (κ1) is 31.4. The molecule has 2 aromatic heterocycles. The highest BCUT2D eigenvalue weighted by molar-refractivity contribution is 7.15. The van der Waals surface area contributed by atoms with E-state index in [0.29, 0.717) is 34.2 Å². The number of anilines is 2. The first-order valence-electron chi connectivity index (χ1n) is 13.4. The van der Waals surface area contributed by atoms with E-state index < -0.39 is 35.5 Å². The van der Waals surface area contributed by atoms with Crippen LogP contribution in [-0.4, -0.2) is 44.1 Å². The smallest absolute Gasteiger partial charge is 0.304 e. The average molecular weight is 623 g/mol. The maximum Gasteiger partial charge on any atom is 0.304 e. The van der Waals surface area contributed by atoms with Gasteiger partial charge in [0.1, 0.15) is 10.0 Å². The van der Waals surface area contributed by atoms with Crippen LogP contribution >= 0.6 is 22.7 Å². The molecule has 0 bridgehead atoms. The van der Waals surface area contributed by atoms with Crippen LogP contribution in [0.4, 0.5) is 10.3 Å². The van der Waals surface area contributed by atoms with E-state index in [1.165, 1.54) is 43.4 Å². The Morgan fingerprint density at radius 2 is 1.30 bits per heavy atom. The van der Waals surface area contributed by atoms with E-state index in [0.717, 1.165) is 22.9 Å². The van der Waals surface area contributed by atoms with Gasteiger partial charge in [0.15, 0.2) is 0 Å². The number of aromatic nitrogens is 4. The van der Waals surface area contributed by atoms with Gasteiger partial charge in [-0.2, -0.15) is 0 Å². The van der Waals surface area contributed by atoms with E-state index >= 15 is 0 Å². The molecular weight excluding hydrogens is 592 g/mol. The topological polar surface area (TPSA) is 162 Å². The second-order valence-corrected chi connectivity index (χ2v) is 11.7. The van der Waals surface area contributed by atoms with Gasteiger partial charge in [0.05, 0.1) is 0 Å². The molecule has 12 nitrogen and oxygen atoms in total. The largest absolute Gasteiger partial charge is 0.447 e. The van der Waals surface area contributed by atoms with Crippen molar-refractivity contribution >= 4 is 56.7 Å². The molecule has 224 valence electrons. The summed E-state index contributed by atoms with van der Waals surface area (Å²) in [4.78, 5) is 49.2. The summed E-state index contributed by atoms with van der Waals surface area (Å²) in [5.74, 6) is -2.19. The van der Waals surface area contributed by atoms with Gasteiger partial charge in [-0.25, -0.2) is 0 Å². The molecule has 0 aliphatic heterocycles. The van der Waals surface area contributed by atoms with Crippen LogP contribution in [0.1, 0.15) is 60.9 Å². The second-order valence-electron chi connectivity index (χ2n) is 9.55. The van der Waals surface area contributed by atoms with Crippen LogP contribution in [0.15, 0.2) is 60.7 Å². The second kappa shape index (κ2) is 14.6. The van der Waals surface area contributed by atoms with Gasteiger partial charge in [0, 0.05) is 37.8 Å². The van der Waals surface area contributed by atoms with E-state index in [1.54, 1.807) is 54.6 Å². The predicted octanol–water partition coefficient (Wildman–Crippen LogP) is 4.61. The van der Waals surface area contributed by atoms with Crippen LogP contribution < -0.4 is 10.6 Å². The fraction of sp³-hybridized carbons (Fsp3) is 0.310. The first-order chi connectivity index (χ1) is 20.6. The van der Waals surface area contributed by atoms with Gasteiger partial charge >= 0.3 is 11.9 Å². The monoisotopic (exact) mass is 622 g/mol. The van der Waals surface area contributed by atoms with Crippen LogP contribution in [-0.2, 0) is 47.1 Å². The zero-order valence-corrected chi connectivity index (χ0v) is 25.4. The number of nitrogens with zero attached hydrogens (tertiary/aromatic N) is 4. The Hall–Kier alpha value is -4.56. The third-order valence-electron chi connectivity index (χ3n) is 6.15. The minimum atomic E-state index is -1.53. The highest BCUT2D eigenvalue weighted by atomic mass is 32.1. The van der Waals surface area contributed by atoms with Crippen LogP contribution in [0, 0.1) is 0 Å². The summed E-state index contributed by atoms with van der Waals surface area (Å²) in [6.45, 7) is 4.04. The summed E-state index contributed by atoms with van der Waals surface area (Å²) in [5, 5.41) is 23.9. The molecule has 0 saturated heterocycles. The van der Waals surface area contributed by atoms with Crippen molar-refractivity contribution in [2.45, 2.75) is 58.2 Å². The Labute approximate surface area is 255 Å². The lowest BCUT2D eigenvalue weighted by Crippen LogP contribution is -2.41. The normalized spacial score (nSPS) is 12.9. The third-order valence-corrected chi connectivity index (χ3v) is 7.94. The molecule has 43 heavy (non-hydrogen) atoms. The third kappa shape index (κ3) is 8.72. The molecule has 2 amide bonds. The fourth-order valence-corrected chi connectivity index (χ4v) is 5.66. The van der Waals surface area contributed by atoms with Crippen LogP contribution in [0.3, 0.4) is 0 Å². The molecule has 0 aliphatic rings. The van der Waals surface area contributed by atoms with Crippen LogP contribution in [0.25, 0.3) is 0 Å². The molecule has 0 saturated carbocycles. The molecule has 2 atom stereocenters. The highest BCUT2D eigenvalue weighted by Crippen LogP contribution is 2.29. The minimum absolute atomic E-state index is 0.307. The number of carbonyl (C=O) groups excluding carboxylic acids is 4. The Kier molecular flexibility index (Phi) is 10.6. The molecule has 0 spiro atoms.